The zero-order valence-electron chi connectivity index (χ0n) is 27.6. The third kappa shape index (κ3) is 4.31. The summed E-state index contributed by atoms with van der Waals surface area (Å²) in [6.07, 6.45) is 0. The van der Waals surface area contributed by atoms with E-state index in [1.54, 1.807) is 0 Å². The molecule has 0 saturated carbocycles. The van der Waals surface area contributed by atoms with E-state index < -0.39 is 0 Å². The summed E-state index contributed by atoms with van der Waals surface area (Å²) >= 11 is 0. The average Bonchev–Trinajstić information content (AvgIpc) is 3.80. The summed E-state index contributed by atoms with van der Waals surface area (Å²) in [5, 5.41) is 7.10. The molecule has 0 spiro atoms. The van der Waals surface area contributed by atoms with Crippen LogP contribution >= 0.6 is 0 Å². The van der Waals surface area contributed by atoms with Crippen LogP contribution in [0.3, 0.4) is 0 Å². The molecule has 0 fully saturated rings. The van der Waals surface area contributed by atoms with E-state index in [1.165, 1.54) is 0 Å². The Morgan fingerprint density at radius 2 is 0.923 bits per heavy atom. The summed E-state index contributed by atoms with van der Waals surface area (Å²) in [5.41, 5.74) is 8.57. The molecule has 6 nitrogen and oxygen atoms in total. The van der Waals surface area contributed by atoms with E-state index >= 15 is 0 Å². The molecular formula is C46H26N4O2. The second-order valence-corrected chi connectivity index (χ2v) is 12.9. The van der Waals surface area contributed by atoms with Gasteiger partial charge in [-0.25, -0.2) is 19.9 Å². The Labute approximate surface area is 296 Å². The van der Waals surface area contributed by atoms with Gasteiger partial charge in [-0.05, 0) is 30.3 Å². The van der Waals surface area contributed by atoms with Crippen LogP contribution in [0.15, 0.2) is 167 Å². The summed E-state index contributed by atoms with van der Waals surface area (Å²) in [4.78, 5) is 20.5. The van der Waals surface area contributed by atoms with Gasteiger partial charge in [0.25, 0.3) is 0 Å². The van der Waals surface area contributed by atoms with Crippen molar-refractivity contribution in [1.82, 2.24) is 19.9 Å². The molecule has 0 saturated heterocycles. The fraction of sp³-hybridized carbons (Fsp3) is 0. The molecule has 0 aliphatic carbocycles. The Bertz CT molecular complexity index is 3180. The van der Waals surface area contributed by atoms with Crippen molar-refractivity contribution in [2.24, 2.45) is 0 Å². The molecule has 0 aliphatic heterocycles. The van der Waals surface area contributed by atoms with Gasteiger partial charge in [-0.2, -0.15) is 0 Å². The molecule has 242 valence electrons. The minimum absolute atomic E-state index is 0.535. The normalized spacial score (nSPS) is 11.8. The van der Waals surface area contributed by atoms with Crippen LogP contribution in [0, 0.1) is 0 Å². The van der Waals surface area contributed by atoms with E-state index in [4.69, 9.17) is 28.8 Å². The van der Waals surface area contributed by atoms with Crippen molar-refractivity contribution in [2.75, 3.05) is 0 Å². The first-order valence-electron chi connectivity index (χ1n) is 17.2. The predicted octanol–water partition coefficient (Wildman–Crippen LogP) is 12.0. The topological polar surface area (TPSA) is 77.8 Å². The number of benzene rings is 7. The molecule has 11 rings (SSSR count). The minimum atomic E-state index is 0.535. The van der Waals surface area contributed by atoms with Gasteiger partial charge in [0.05, 0.1) is 16.8 Å². The quantitative estimate of drug-likeness (QED) is 0.174. The van der Waals surface area contributed by atoms with Crippen LogP contribution in [0.5, 0.6) is 0 Å². The van der Waals surface area contributed by atoms with E-state index in [1.807, 2.05) is 97.1 Å². The number of hydrogen-bond donors (Lipinski definition) is 0. The lowest BCUT2D eigenvalue weighted by Gasteiger charge is -2.11. The molecule has 11 aromatic rings. The van der Waals surface area contributed by atoms with Gasteiger partial charge >= 0.3 is 0 Å². The molecule has 0 aliphatic rings. The zero-order chi connectivity index (χ0) is 34.2. The number of pyridine rings is 1. The highest BCUT2D eigenvalue weighted by Crippen LogP contribution is 2.43. The van der Waals surface area contributed by atoms with Gasteiger partial charge in [0.15, 0.2) is 17.5 Å². The molecule has 0 N–H and O–H groups in total. The van der Waals surface area contributed by atoms with Gasteiger partial charge in [0.1, 0.15) is 22.3 Å². The maximum Gasteiger partial charge on any atom is 0.167 e. The molecule has 0 atom stereocenters. The van der Waals surface area contributed by atoms with Crippen molar-refractivity contribution in [3.8, 4) is 45.4 Å². The van der Waals surface area contributed by atoms with E-state index in [0.717, 1.165) is 93.5 Å². The Hall–Kier alpha value is -7.18. The molecule has 4 aromatic heterocycles. The molecule has 0 bridgehead atoms. The van der Waals surface area contributed by atoms with Gasteiger partial charge < -0.3 is 8.83 Å². The van der Waals surface area contributed by atoms with Crippen molar-refractivity contribution in [1.29, 1.82) is 0 Å². The summed E-state index contributed by atoms with van der Waals surface area (Å²) < 4.78 is 13.3. The molecule has 6 heteroatoms. The smallest absolute Gasteiger partial charge is 0.167 e. The summed E-state index contributed by atoms with van der Waals surface area (Å²) in [6, 6.07) is 53.2. The Morgan fingerprint density at radius 1 is 0.327 bits per heavy atom. The molecule has 0 radical (unpaired) electrons. The second-order valence-electron chi connectivity index (χ2n) is 12.9. The number of para-hydroxylation sites is 3. The van der Waals surface area contributed by atoms with Crippen LogP contribution in [0.4, 0.5) is 0 Å². The van der Waals surface area contributed by atoms with E-state index in [9.17, 15) is 0 Å². The lowest BCUT2D eigenvalue weighted by molar-refractivity contribution is 0.669. The first kappa shape index (κ1) is 28.6. The number of furan rings is 2. The summed E-state index contributed by atoms with van der Waals surface area (Å²) in [5.74, 6) is 1.66. The van der Waals surface area contributed by atoms with Crippen molar-refractivity contribution in [3.05, 3.63) is 158 Å². The Balaban J connectivity index is 1.20. The summed E-state index contributed by atoms with van der Waals surface area (Å²) in [7, 11) is 0. The van der Waals surface area contributed by atoms with Crippen LogP contribution in [0.25, 0.3) is 111 Å². The first-order chi connectivity index (χ1) is 25.8. The Morgan fingerprint density at radius 3 is 1.77 bits per heavy atom. The number of nitrogens with zero attached hydrogens (tertiary/aromatic N) is 4. The lowest BCUT2D eigenvalue weighted by atomic mass is 9.97. The lowest BCUT2D eigenvalue weighted by Crippen LogP contribution is -2.00. The molecule has 4 heterocycles. The Kier molecular flexibility index (Phi) is 6.15. The predicted molar refractivity (Wildman–Crippen MR) is 209 cm³/mol. The van der Waals surface area contributed by atoms with Crippen molar-refractivity contribution in [3.63, 3.8) is 0 Å². The third-order valence-corrected chi connectivity index (χ3v) is 9.93. The fourth-order valence-electron chi connectivity index (χ4n) is 7.58. The standard InChI is InChI=1S/C46H26N4O2/c1-3-13-27(14-4-1)41-32-25-26-33-39-34(20-12-24-38(39)52-43(33)40(32)31-18-7-9-22-36(31)47-41)45-48-44(28-15-5-2-6-16-28)49-46(50-45)35-21-11-19-30-29-17-8-10-23-37(29)51-42(30)35/h1-26H. The SMILES string of the molecule is c1ccc(-c2nc(-c3cccc4c3oc3ccccc34)nc(-c3cccc4oc5c(ccc6c(-c7ccccc7)nc7ccccc7c65)c34)n2)cc1. The van der Waals surface area contributed by atoms with Crippen molar-refractivity contribution >= 4 is 65.6 Å². The summed E-state index contributed by atoms with van der Waals surface area (Å²) in [6.45, 7) is 0. The van der Waals surface area contributed by atoms with E-state index in [2.05, 4.69) is 60.7 Å². The van der Waals surface area contributed by atoms with Crippen LogP contribution in [-0.4, -0.2) is 19.9 Å². The first-order valence-corrected chi connectivity index (χ1v) is 17.2. The maximum absolute atomic E-state index is 6.83. The second kappa shape index (κ2) is 11.2. The monoisotopic (exact) mass is 666 g/mol. The van der Waals surface area contributed by atoms with E-state index in [0.29, 0.717) is 17.5 Å². The number of aromatic nitrogens is 4. The van der Waals surface area contributed by atoms with Crippen molar-refractivity contribution in [2.45, 2.75) is 0 Å². The van der Waals surface area contributed by atoms with Gasteiger partial charge in [-0.15, -0.1) is 0 Å². The van der Waals surface area contributed by atoms with Gasteiger partial charge in [-0.3, -0.25) is 0 Å². The highest BCUT2D eigenvalue weighted by Gasteiger charge is 2.22. The molecular weight excluding hydrogens is 641 g/mol. The van der Waals surface area contributed by atoms with Crippen LogP contribution in [-0.2, 0) is 0 Å². The highest BCUT2D eigenvalue weighted by atomic mass is 16.3. The minimum Gasteiger partial charge on any atom is -0.455 e. The molecule has 52 heavy (non-hydrogen) atoms. The van der Waals surface area contributed by atoms with Gasteiger partial charge in [0.2, 0.25) is 0 Å². The van der Waals surface area contributed by atoms with Crippen LogP contribution in [0.1, 0.15) is 0 Å². The van der Waals surface area contributed by atoms with Crippen LogP contribution in [0.2, 0.25) is 0 Å². The third-order valence-electron chi connectivity index (χ3n) is 9.93. The van der Waals surface area contributed by atoms with Gasteiger partial charge in [0, 0.05) is 54.4 Å². The molecule has 0 amide bonds. The zero-order valence-corrected chi connectivity index (χ0v) is 27.6. The molecule has 7 aromatic carbocycles. The number of hydrogen-bond acceptors (Lipinski definition) is 6. The average molecular weight is 667 g/mol. The van der Waals surface area contributed by atoms with Crippen LogP contribution < -0.4 is 0 Å². The van der Waals surface area contributed by atoms with Gasteiger partial charge in [-0.1, -0.05) is 127 Å². The highest BCUT2D eigenvalue weighted by molar-refractivity contribution is 6.26. The number of rotatable bonds is 4. The van der Waals surface area contributed by atoms with Crippen molar-refractivity contribution < 1.29 is 8.83 Å². The number of fused-ring (bicyclic) bond motifs is 10. The maximum atomic E-state index is 6.83. The fourth-order valence-corrected chi connectivity index (χ4v) is 7.58. The molecule has 0 unspecified atom stereocenters. The van der Waals surface area contributed by atoms with E-state index in [-0.39, 0.29) is 0 Å². The largest absolute Gasteiger partial charge is 0.455 e.